The molecule has 11 heteroatoms. The summed E-state index contributed by atoms with van der Waals surface area (Å²) < 4.78 is 30.5. The van der Waals surface area contributed by atoms with E-state index in [-0.39, 0.29) is 15.6 Å². The molecule has 0 aliphatic rings. The Morgan fingerprint density at radius 1 is 1.16 bits per heavy atom. The number of halogens is 1. The average molecular weight is 475 g/mol. The highest BCUT2D eigenvalue weighted by molar-refractivity contribution is 7.89. The molecule has 1 heterocycles. The van der Waals surface area contributed by atoms with Crippen LogP contribution >= 0.6 is 11.6 Å². The van der Waals surface area contributed by atoms with E-state index < -0.39 is 28.5 Å². The first-order valence-corrected chi connectivity index (χ1v) is 11.1. The van der Waals surface area contributed by atoms with E-state index in [1.807, 2.05) is 18.2 Å². The maximum Gasteiger partial charge on any atom is 0.331 e. The molecule has 0 fully saturated rings. The van der Waals surface area contributed by atoms with Crippen molar-refractivity contribution in [2.24, 2.45) is 0 Å². The molecule has 1 N–H and O–H groups in total. The number of anilines is 1. The van der Waals surface area contributed by atoms with Crippen molar-refractivity contribution < 1.29 is 22.7 Å². The van der Waals surface area contributed by atoms with Gasteiger partial charge in [-0.25, -0.2) is 22.5 Å². The van der Waals surface area contributed by atoms with Crippen LogP contribution in [0.1, 0.15) is 5.69 Å². The second-order valence-electron chi connectivity index (χ2n) is 6.71. The standard InChI is InChI=1S/C21H19ClN4O5S/c1-26(2)32(29,30)19-11-14(7-9-16(19)22)25-20(27)13-31-21(28)10-8-15-12-23-17-5-3-4-6-18(17)24-15/h3-12H,13H2,1-2H3,(H,25,27)/b10-8+. The SMILES string of the molecule is CN(C)S(=O)(=O)c1cc(NC(=O)COC(=O)/C=C/c2cnc3ccccc3n2)ccc1Cl. The second kappa shape index (κ2) is 9.86. The van der Waals surface area contributed by atoms with Gasteiger partial charge in [0, 0.05) is 25.9 Å². The lowest BCUT2D eigenvalue weighted by molar-refractivity contribution is -0.142. The van der Waals surface area contributed by atoms with E-state index in [0.717, 1.165) is 15.9 Å². The zero-order valence-electron chi connectivity index (χ0n) is 17.1. The fraction of sp³-hybridized carbons (Fsp3) is 0.143. The van der Waals surface area contributed by atoms with Crippen LogP contribution in [-0.2, 0) is 24.3 Å². The third-order valence-electron chi connectivity index (χ3n) is 4.18. The van der Waals surface area contributed by atoms with E-state index in [4.69, 9.17) is 16.3 Å². The van der Waals surface area contributed by atoms with Crippen molar-refractivity contribution in [1.29, 1.82) is 0 Å². The summed E-state index contributed by atoms with van der Waals surface area (Å²) >= 11 is 5.98. The van der Waals surface area contributed by atoms with Crippen molar-refractivity contribution >= 4 is 56.3 Å². The van der Waals surface area contributed by atoms with Gasteiger partial charge in [0.05, 0.1) is 27.9 Å². The fourth-order valence-corrected chi connectivity index (χ4v) is 3.96. The summed E-state index contributed by atoms with van der Waals surface area (Å²) in [5, 5.41) is 2.48. The summed E-state index contributed by atoms with van der Waals surface area (Å²) in [6.07, 6.45) is 4.08. The number of sulfonamides is 1. The number of hydrogen-bond acceptors (Lipinski definition) is 7. The molecule has 3 rings (SSSR count). The van der Waals surface area contributed by atoms with E-state index in [1.165, 1.54) is 44.6 Å². The summed E-state index contributed by atoms with van der Waals surface area (Å²) in [5.41, 5.74) is 2.06. The minimum Gasteiger partial charge on any atom is -0.452 e. The quantitative estimate of drug-likeness (QED) is 0.413. The number of fused-ring (bicyclic) bond motifs is 1. The monoisotopic (exact) mass is 474 g/mol. The molecule has 0 atom stereocenters. The van der Waals surface area contributed by atoms with Crippen LogP contribution in [0.3, 0.4) is 0 Å². The third-order valence-corrected chi connectivity index (χ3v) is 6.47. The van der Waals surface area contributed by atoms with E-state index in [2.05, 4.69) is 15.3 Å². The number of para-hydroxylation sites is 2. The molecule has 166 valence electrons. The topological polar surface area (TPSA) is 119 Å². The summed E-state index contributed by atoms with van der Waals surface area (Å²) in [7, 11) is -1.06. The molecule has 32 heavy (non-hydrogen) atoms. The Bertz CT molecular complexity index is 1310. The second-order valence-corrected chi connectivity index (χ2v) is 9.23. The third kappa shape index (κ3) is 5.67. The van der Waals surface area contributed by atoms with Crippen molar-refractivity contribution in [3.63, 3.8) is 0 Å². The fourth-order valence-electron chi connectivity index (χ4n) is 2.56. The van der Waals surface area contributed by atoms with Crippen molar-refractivity contribution in [3.8, 4) is 0 Å². The van der Waals surface area contributed by atoms with Crippen LogP contribution in [0.5, 0.6) is 0 Å². The minimum atomic E-state index is -3.79. The van der Waals surface area contributed by atoms with Crippen LogP contribution in [0, 0.1) is 0 Å². The largest absolute Gasteiger partial charge is 0.452 e. The van der Waals surface area contributed by atoms with Crippen molar-refractivity contribution in [2.45, 2.75) is 4.90 Å². The van der Waals surface area contributed by atoms with Crippen LogP contribution in [0.25, 0.3) is 17.1 Å². The van der Waals surface area contributed by atoms with Gasteiger partial charge in [-0.05, 0) is 36.4 Å². The first kappa shape index (κ1) is 23.3. The van der Waals surface area contributed by atoms with E-state index in [9.17, 15) is 18.0 Å². The number of rotatable bonds is 7. The molecule has 0 bridgehead atoms. The number of ether oxygens (including phenoxy) is 1. The zero-order valence-corrected chi connectivity index (χ0v) is 18.7. The molecular weight excluding hydrogens is 456 g/mol. The predicted molar refractivity (Wildman–Crippen MR) is 120 cm³/mol. The molecule has 0 saturated carbocycles. The minimum absolute atomic E-state index is 0.0186. The lowest BCUT2D eigenvalue weighted by Gasteiger charge is -2.14. The molecule has 0 unspecified atom stereocenters. The summed E-state index contributed by atoms with van der Waals surface area (Å²) in [6, 6.07) is 11.3. The molecule has 9 nitrogen and oxygen atoms in total. The molecule has 2 aromatic carbocycles. The average Bonchev–Trinajstić information content (AvgIpc) is 2.77. The lowest BCUT2D eigenvalue weighted by atomic mass is 10.3. The van der Waals surface area contributed by atoms with Crippen LogP contribution < -0.4 is 5.32 Å². The maximum atomic E-state index is 12.3. The number of nitrogens with zero attached hydrogens (tertiary/aromatic N) is 3. The number of nitrogens with one attached hydrogen (secondary N) is 1. The van der Waals surface area contributed by atoms with Crippen molar-refractivity contribution in [3.05, 3.63) is 65.5 Å². The molecule has 1 aromatic heterocycles. The van der Waals surface area contributed by atoms with E-state index >= 15 is 0 Å². The number of carbonyl (C=O) groups is 2. The summed E-state index contributed by atoms with van der Waals surface area (Å²) in [5.74, 6) is -1.39. The Morgan fingerprint density at radius 2 is 1.88 bits per heavy atom. The van der Waals surface area contributed by atoms with Crippen LogP contribution in [0.15, 0.2) is 59.6 Å². The lowest BCUT2D eigenvalue weighted by Crippen LogP contribution is -2.23. The van der Waals surface area contributed by atoms with Crippen molar-refractivity contribution in [1.82, 2.24) is 14.3 Å². The zero-order chi connectivity index (χ0) is 23.3. The Kier molecular flexibility index (Phi) is 7.18. The predicted octanol–water partition coefficient (Wildman–Crippen LogP) is 2.73. The van der Waals surface area contributed by atoms with Gasteiger partial charge in [0.2, 0.25) is 10.0 Å². The summed E-state index contributed by atoms with van der Waals surface area (Å²) in [6.45, 7) is -0.565. The number of aromatic nitrogens is 2. The molecule has 0 aliphatic heterocycles. The van der Waals surface area contributed by atoms with Gasteiger partial charge in [-0.1, -0.05) is 23.7 Å². The first-order chi connectivity index (χ1) is 15.2. The van der Waals surface area contributed by atoms with Crippen molar-refractivity contribution in [2.75, 3.05) is 26.0 Å². The van der Waals surface area contributed by atoms with Crippen LogP contribution in [0.2, 0.25) is 5.02 Å². The van der Waals surface area contributed by atoms with Gasteiger partial charge in [0.1, 0.15) is 4.90 Å². The highest BCUT2D eigenvalue weighted by atomic mass is 35.5. The number of carbonyl (C=O) groups excluding carboxylic acids is 2. The van der Waals surface area contributed by atoms with Gasteiger partial charge in [-0.2, -0.15) is 0 Å². The van der Waals surface area contributed by atoms with E-state index in [1.54, 1.807) is 6.07 Å². The Balaban J connectivity index is 1.58. The van der Waals surface area contributed by atoms with E-state index in [0.29, 0.717) is 11.2 Å². The molecule has 3 aromatic rings. The highest BCUT2D eigenvalue weighted by Crippen LogP contribution is 2.26. The van der Waals surface area contributed by atoms with Gasteiger partial charge in [0.15, 0.2) is 6.61 Å². The molecule has 0 radical (unpaired) electrons. The number of amides is 1. The Hall–Kier alpha value is -3.34. The molecule has 1 amide bonds. The van der Waals surface area contributed by atoms with Gasteiger partial charge in [-0.15, -0.1) is 0 Å². The van der Waals surface area contributed by atoms with Crippen LogP contribution in [-0.4, -0.2) is 55.3 Å². The highest BCUT2D eigenvalue weighted by Gasteiger charge is 2.21. The molecule has 0 spiro atoms. The normalized spacial score (nSPS) is 11.8. The number of benzene rings is 2. The van der Waals surface area contributed by atoms with Crippen LogP contribution in [0.4, 0.5) is 5.69 Å². The summed E-state index contributed by atoms with van der Waals surface area (Å²) in [4.78, 5) is 32.4. The van der Waals surface area contributed by atoms with Gasteiger partial charge in [0.25, 0.3) is 5.91 Å². The Morgan fingerprint density at radius 3 is 2.59 bits per heavy atom. The smallest absolute Gasteiger partial charge is 0.331 e. The molecule has 0 aliphatic carbocycles. The van der Waals surface area contributed by atoms with Gasteiger partial charge in [-0.3, -0.25) is 9.78 Å². The molecular formula is C21H19ClN4O5S. The first-order valence-electron chi connectivity index (χ1n) is 9.25. The van der Waals surface area contributed by atoms with Gasteiger partial charge >= 0.3 is 5.97 Å². The Labute approximate surface area is 189 Å². The molecule has 0 saturated heterocycles. The number of hydrogen-bond donors (Lipinski definition) is 1. The van der Waals surface area contributed by atoms with Gasteiger partial charge < -0.3 is 10.1 Å². The number of esters is 1. The maximum absolute atomic E-state index is 12.3.